The zero-order valence-corrected chi connectivity index (χ0v) is 20.3. The van der Waals surface area contributed by atoms with Crippen LogP contribution in [0.3, 0.4) is 0 Å². The predicted molar refractivity (Wildman–Crippen MR) is 133 cm³/mol. The van der Waals surface area contributed by atoms with Crippen molar-refractivity contribution in [2.75, 3.05) is 6.61 Å². The van der Waals surface area contributed by atoms with Crippen molar-refractivity contribution < 1.29 is 24.2 Å². The van der Waals surface area contributed by atoms with E-state index in [2.05, 4.69) is 34.9 Å². The molecule has 4 rings (SSSR count). The topological polar surface area (TPSA) is 105 Å². The van der Waals surface area contributed by atoms with Crippen molar-refractivity contribution in [3.63, 3.8) is 0 Å². The third kappa shape index (κ3) is 5.84. The molecule has 3 N–H and O–H groups in total. The van der Waals surface area contributed by atoms with E-state index in [1.165, 1.54) is 0 Å². The minimum atomic E-state index is -0.938. The first-order valence-corrected chi connectivity index (χ1v) is 12.5. The van der Waals surface area contributed by atoms with Gasteiger partial charge in [-0.3, -0.25) is 9.59 Å². The molecule has 1 saturated carbocycles. The minimum absolute atomic E-state index is 0.0657. The number of carboxylic acid groups (broad SMARTS) is 1. The van der Waals surface area contributed by atoms with Crippen LogP contribution in [0.2, 0.25) is 0 Å². The van der Waals surface area contributed by atoms with Crippen molar-refractivity contribution in [2.45, 2.75) is 64.0 Å². The molecule has 0 heterocycles. The normalized spacial score (nSPS) is 16.5. The number of benzene rings is 2. The van der Waals surface area contributed by atoms with Crippen LogP contribution in [0, 0.1) is 11.8 Å². The van der Waals surface area contributed by atoms with Gasteiger partial charge in [-0.1, -0.05) is 68.8 Å². The van der Waals surface area contributed by atoms with Crippen LogP contribution >= 0.6 is 0 Å². The predicted octanol–water partition coefficient (Wildman–Crippen LogP) is 4.70. The molecule has 2 aliphatic rings. The molecule has 186 valence electrons. The van der Waals surface area contributed by atoms with Crippen LogP contribution in [0.5, 0.6) is 0 Å². The highest BCUT2D eigenvalue weighted by molar-refractivity contribution is 5.86. The molecule has 1 unspecified atom stereocenters. The number of nitrogens with one attached hydrogen (secondary N) is 2. The molecule has 0 spiro atoms. The number of hydrogen-bond donors (Lipinski definition) is 3. The molecule has 1 fully saturated rings. The summed E-state index contributed by atoms with van der Waals surface area (Å²) in [5.74, 6) is -1.04. The second-order valence-corrected chi connectivity index (χ2v) is 10.1. The van der Waals surface area contributed by atoms with Gasteiger partial charge in [-0.2, -0.15) is 0 Å². The van der Waals surface area contributed by atoms with E-state index in [1.54, 1.807) is 0 Å². The van der Waals surface area contributed by atoms with Crippen molar-refractivity contribution in [3.8, 4) is 11.1 Å². The Bertz CT molecular complexity index is 1030. The summed E-state index contributed by atoms with van der Waals surface area (Å²) >= 11 is 0. The number of ether oxygens (including phenoxy) is 1. The Balaban J connectivity index is 1.40. The van der Waals surface area contributed by atoms with E-state index in [4.69, 9.17) is 4.74 Å². The molecular weight excluding hydrogens is 444 g/mol. The summed E-state index contributed by atoms with van der Waals surface area (Å²) in [5, 5.41) is 14.9. The molecule has 35 heavy (non-hydrogen) atoms. The number of alkyl carbamates (subject to hydrolysis) is 1. The van der Waals surface area contributed by atoms with Crippen molar-refractivity contribution in [1.29, 1.82) is 0 Å². The van der Waals surface area contributed by atoms with Crippen LogP contribution < -0.4 is 10.6 Å². The SMILES string of the molecule is CC(C)C[C@H](NC(=O)OCC1c2ccccc2-c2ccccc21)C(=O)NC(CC(=O)O)C1CCC1. The molecule has 2 aliphatic carbocycles. The first kappa shape index (κ1) is 24.8. The standard InChI is InChI=1S/C28H34N2O5/c1-17(2)14-25(27(33)29-24(15-26(31)32)18-8-7-9-18)30-28(34)35-16-23-21-12-5-3-10-19(21)20-11-4-6-13-22(20)23/h3-6,10-13,17-18,23-25H,7-9,14-16H2,1-2H3,(H,29,33)(H,30,34)(H,31,32)/t24?,25-/m0/s1. The average molecular weight is 479 g/mol. The van der Waals surface area contributed by atoms with E-state index >= 15 is 0 Å². The number of carboxylic acids is 1. The Morgan fingerprint density at radius 3 is 2.09 bits per heavy atom. The number of amides is 2. The van der Waals surface area contributed by atoms with Crippen molar-refractivity contribution in [2.24, 2.45) is 11.8 Å². The summed E-state index contributed by atoms with van der Waals surface area (Å²) < 4.78 is 5.63. The lowest BCUT2D eigenvalue weighted by atomic mass is 9.78. The number of aliphatic carboxylic acids is 1. The Morgan fingerprint density at radius 2 is 1.57 bits per heavy atom. The summed E-state index contributed by atoms with van der Waals surface area (Å²) in [6.45, 7) is 4.11. The quantitative estimate of drug-likeness (QED) is 0.459. The molecule has 2 aromatic carbocycles. The van der Waals surface area contributed by atoms with Crippen LogP contribution in [0.1, 0.15) is 63.0 Å². The van der Waals surface area contributed by atoms with Gasteiger partial charge in [-0.25, -0.2) is 4.79 Å². The second-order valence-electron chi connectivity index (χ2n) is 10.1. The maximum Gasteiger partial charge on any atom is 0.407 e. The number of carbonyl (C=O) groups excluding carboxylic acids is 2. The maximum absolute atomic E-state index is 13.1. The van der Waals surface area contributed by atoms with Crippen LogP contribution in [0.15, 0.2) is 48.5 Å². The molecule has 0 aromatic heterocycles. The third-order valence-corrected chi connectivity index (χ3v) is 7.10. The van der Waals surface area contributed by atoms with Crippen molar-refractivity contribution >= 4 is 18.0 Å². The number of rotatable bonds is 10. The zero-order valence-electron chi connectivity index (χ0n) is 20.3. The molecule has 0 saturated heterocycles. The van der Waals surface area contributed by atoms with E-state index < -0.39 is 24.1 Å². The summed E-state index contributed by atoms with van der Waals surface area (Å²) in [7, 11) is 0. The lowest BCUT2D eigenvalue weighted by molar-refractivity contribution is -0.138. The van der Waals surface area contributed by atoms with Crippen LogP contribution in [-0.4, -0.2) is 41.8 Å². The molecule has 2 aromatic rings. The maximum atomic E-state index is 13.1. The van der Waals surface area contributed by atoms with Gasteiger partial charge in [-0.05, 0) is 53.4 Å². The van der Waals surface area contributed by atoms with Gasteiger partial charge in [0.15, 0.2) is 0 Å². The Kier molecular flexibility index (Phi) is 7.73. The summed E-state index contributed by atoms with van der Waals surface area (Å²) in [4.78, 5) is 37.1. The van der Waals surface area contributed by atoms with Crippen LogP contribution in [-0.2, 0) is 14.3 Å². The van der Waals surface area contributed by atoms with E-state index in [0.29, 0.717) is 6.42 Å². The van der Waals surface area contributed by atoms with Gasteiger partial charge in [0, 0.05) is 12.0 Å². The Hall–Kier alpha value is -3.35. The second kappa shape index (κ2) is 10.9. The number of hydrogen-bond acceptors (Lipinski definition) is 4. The first-order chi connectivity index (χ1) is 16.8. The van der Waals surface area contributed by atoms with Crippen molar-refractivity contribution in [3.05, 3.63) is 59.7 Å². The van der Waals surface area contributed by atoms with E-state index in [1.807, 2.05) is 38.1 Å². The zero-order chi connectivity index (χ0) is 24.9. The van der Waals surface area contributed by atoms with Gasteiger partial charge in [0.05, 0.1) is 6.42 Å². The van der Waals surface area contributed by atoms with Gasteiger partial charge < -0.3 is 20.5 Å². The molecule has 0 aliphatic heterocycles. The van der Waals surface area contributed by atoms with Crippen LogP contribution in [0.25, 0.3) is 11.1 Å². The van der Waals surface area contributed by atoms with Gasteiger partial charge in [0.2, 0.25) is 5.91 Å². The highest BCUT2D eigenvalue weighted by atomic mass is 16.5. The van der Waals surface area contributed by atoms with E-state index in [0.717, 1.165) is 41.5 Å². The van der Waals surface area contributed by atoms with Crippen LogP contribution in [0.4, 0.5) is 4.79 Å². The molecular formula is C28H34N2O5. The van der Waals surface area contributed by atoms with Gasteiger partial charge in [-0.15, -0.1) is 0 Å². The van der Waals surface area contributed by atoms with Crippen molar-refractivity contribution in [1.82, 2.24) is 10.6 Å². The third-order valence-electron chi connectivity index (χ3n) is 7.10. The fourth-order valence-electron chi connectivity index (χ4n) is 5.13. The number of carbonyl (C=O) groups is 3. The average Bonchev–Trinajstić information content (AvgIpc) is 3.09. The Morgan fingerprint density at radius 1 is 0.971 bits per heavy atom. The Labute approximate surface area is 206 Å². The summed E-state index contributed by atoms with van der Waals surface area (Å²) in [5.41, 5.74) is 4.54. The van der Waals surface area contributed by atoms with Gasteiger partial charge in [0.25, 0.3) is 0 Å². The highest BCUT2D eigenvalue weighted by Crippen LogP contribution is 2.44. The smallest absolute Gasteiger partial charge is 0.407 e. The molecule has 0 radical (unpaired) electrons. The van der Waals surface area contributed by atoms with Gasteiger partial charge >= 0.3 is 12.1 Å². The lowest BCUT2D eigenvalue weighted by Gasteiger charge is -2.34. The fourth-order valence-corrected chi connectivity index (χ4v) is 5.13. The van der Waals surface area contributed by atoms with E-state index in [-0.39, 0.29) is 36.7 Å². The summed E-state index contributed by atoms with van der Waals surface area (Å²) in [6, 6.07) is 15.0. The minimum Gasteiger partial charge on any atom is -0.481 e. The van der Waals surface area contributed by atoms with E-state index in [9.17, 15) is 19.5 Å². The molecule has 7 nitrogen and oxygen atoms in total. The monoisotopic (exact) mass is 478 g/mol. The first-order valence-electron chi connectivity index (χ1n) is 12.5. The summed E-state index contributed by atoms with van der Waals surface area (Å²) in [6.07, 6.45) is 2.53. The number of fused-ring (bicyclic) bond motifs is 3. The molecule has 2 atom stereocenters. The molecule has 2 amide bonds. The lowest BCUT2D eigenvalue weighted by Crippen LogP contribution is -2.53. The molecule has 7 heteroatoms. The van der Waals surface area contributed by atoms with Gasteiger partial charge in [0.1, 0.15) is 12.6 Å². The molecule has 0 bridgehead atoms. The fraction of sp³-hybridized carbons (Fsp3) is 0.464. The largest absolute Gasteiger partial charge is 0.481 e. The highest BCUT2D eigenvalue weighted by Gasteiger charge is 2.33.